The fourth-order valence-electron chi connectivity index (χ4n) is 5.42. The molecule has 4 heterocycles. The Hall–Kier alpha value is -4.49. The van der Waals surface area contributed by atoms with Crippen molar-refractivity contribution in [2.45, 2.75) is 45.3 Å². The zero-order valence-corrected chi connectivity index (χ0v) is 24.2. The Kier molecular flexibility index (Phi) is 7.52. The molecule has 10 heteroatoms. The number of fused-ring (bicyclic) bond motifs is 1. The Morgan fingerprint density at radius 2 is 1.81 bits per heavy atom. The van der Waals surface area contributed by atoms with Gasteiger partial charge in [0, 0.05) is 43.7 Å². The van der Waals surface area contributed by atoms with E-state index >= 15 is 0 Å². The van der Waals surface area contributed by atoms with Crippen molar-refractivity contribution >= 4 is 23.2 Å². The van der Waals surface area contributed by atoms with E-state index < -0.39 is 5.60 Å². The van der Waals surface area contributed by atoms with Crippen LogP contribution in [-0.4, -0.2) is 77.8 Å². The third-order valence-corrected chi connectivity index (χ3v) is 7.52. The van der Waals surface area contributed by atoms with Crippen LogP contribution in [-0.2, 0) is 15.9 Å². The second-order valence-corrected chi connectivity index (χ2v) is 11.7. The molecule has 2 aromatic carbocycles. The summed E-state index contributed by atoms with van der Waals surface area (Å²) in [5.41, 5.74) is 6.05. The largest absolute Gasteiger partial charge is 0.487 e. The first-order chi connectivity index (χ1) is 20.3. The van der Waals surface area contributed by atoms with Crippen LogP contribution in [0.4, 0.5) is 16.2 Å². The van der Waals surface area contributed by atoms with Crippen LogP contribution in [0.2, 0.25) is 0 Å². The highest BCUT2D eigenvalue weighted by molar-refractivity contribution is 6.07. The van der Waals surface area contributed by atoms with E-state index in [4.69, 9.17) is 19.2 Å². The first-order valence-corrected chi connectivity index (χ1v) is 14.3. The molecule has 0 radical (unpaired) electrons. The van der Waals surface area contributed by atoms with E-state index in [0.29, 0.717) is 42.9 Å². The Morgan fingerprint density at radius 1 is 1.05 bits per heavy atom. The van der Waals surface area contributed by atoms with Crippen LogP contribution in [0, 0.1) is 11.3 Å². The predicted molar refractivity (Wildman–Crippen MR) is 158 cm³/mol. The molecule has 0 saturated carbocycles. The number of rotatable bonds is 5. The first-order valence-electron chi connectivity index (χ1n) is 14.3. The Balaban J connectivity index is 1.18. The molecule has 2 saturated heterocycles. The van der Waals surface area contributed by atoms with Gasteiger partial charge in [-0.15, -0.1) is 0 Å². The molecular formula is C32H34N6O4. The van der Waals surface area contributed by atoms with Crippen LogP contribution in [0.25, 0.3) is 11.3 Å². The van der Waals surface area contributed by atoms with Gasteiger partial charge >= 0.3 is 6.09 Å². The highest BCUT2D eigenvalue weighted by Crippen LogP contribution is 2.37. The van der Waals surface area contributed by atoms with Crippen LogP contribution >= 0.6 is 0 Å². The molecule has 0 spiro atoms. The fourth-order valence-corrected chi connectivity index (χ4v) is 5.42. The lowest BCUT2D eigenvalue weighted by molar-refractivity contribution is 0.0275. The quantitative estimate of drug-likeness (QED) is 0.428. The maximum Gasteiger partial charge on any atom is 0.410 e. The molecule has 1 amide bonds. The van der Waals surface area contributed by atoms with Crippen LogP contribution in [0.15, 0.2) is 53.8 Å². The van der Waals surface area contributed by atoms with E-state index in [1.807, 2.05) is 26.8 Å². The number of amides is 1. The maximum atomic E-state index is 12.4. The van der Waals surface area contributed by atoms with Gasteiger partial charge in [0.2, 0.25) is 0 Å². The molecule has 216 valence electrons. The Bertz CT molecular complexity index is 1550. The number of carbonyl (C=O) groups is 1. The summed E-state index contributed by atoms with van der Waals surface area (Å²) in [7, 11) is 0. The SMILES string of the molecule is CC(C)(C)OC(=O)N1CC[C@@H](Oc2ccc(-c3ncnc4c3N=C(c3ccc(N5CCOCC5)cc3)C4)cc2C#N)C1. The molecule has 1 atom stereocenters. The number of nitrogens with zero attached hydrogens (tertiary/aromatic N) is 6. The summed E-state index contributed by atoms with van der Waals surface area (Å²) in [6.45, 7) is 9.78. The van der Waals surface area contributed by atoms with Gasteiger partial charge in [0.1, 0.15) is 35.5 Å². The van der Waals surface area contributed by atoms with Gasteiger partial charge in [0.25, 0.3) is 0 Å². The molecule has 0 unspecified atom stereocenters. The van der Waals surface area contributed by atoms with E-state index in [1.165, 1.54) is 5.69 Å². The summed E-state index contributed by atoms with van der Waals surface area (Å²) in [6.07, 6.45) is 2.25. The molecule has 6 rings (SSSR count). The third-order valence-electron chi connectivity index (χ3n) is 7.52. The number of aromatic nitrogens is 2. The van der Waals surface area contributed by atoms with E-state index in [1.54, 1.807) is 23.4 Å². The summed E-state index contributed by atoms with van der Waals surface area (Å²) < 4.78 is 17.1. The van der Waals surface area contributed by atoms with Crippen molar-refractivity contribution in [3.05, 3.63) is 65.6 Å². The van der Waals surface area contributed by atoms with E-state index in [0.717, 1.165) is 54.5 Å². The maximum absolute atomic E-state index is 12.4. The molecular weight excluding hydrogens is 532 g/mol. The average Bonchev–Trinajstić information content (AvgIpc) is 3.65. The van der Waals surface area contributed by atoms with Crippen molar-refractivity contribution in [2.24, 2.45) is 4.99 Å². The average molecular weight is 567 g/mol. The highest BCUT2D eigenvalue weighted by Gasteiger charge is 2.31. The van der Waals surface area contributed by atoms with Gasteiger partial charge in [0.15, 0.2) is 0 Å². The van der Waals surface area contributed by atoms with Gasteiger partial charge < -0.3 is 24.0 Å². The first kappa shape index (κ1) is 27.7. The molecule has 2 fully saturated rings. The van der Waals surface area contributed by atoms with Gasteiger partial charge in [-0.3, -0.25) is 0 Å². The molecule has 0 bridgehead atoms. The van der Waals surface area contributed by atoms with Gasteiger partial charge in [-0.1, -0.05) is 12.1 Å². The lowest BCUT2D eigenvalue weighted by atomic mass is 10.0. The minimum atomic E-state index is -0.556. The highest BCUT2D eigenvalue weighted by atomic mass is 16.6. The van der Waals surface area contributed by atoms with Crippen molar-refractivity contribution in [3.8, 4) is 23.1 Å². The van der Waals surface area contributed by atoms with E-state index in [-0.39, 0.29) is 12.2 Å². The molecule has 0 aliphatic carbocycles. The minimum absolute atomic E-state index is 0.222. The number of morpholine rings is 1. The number of hydrogen-bond acceptors (Lipinski definition) is 9. The zero-order valence-electron chi connectivity index (χ0n) is 24.2. The summed E-state index contributed by atoms with van der Waals surface area (Å²) in [5.74, 6) is 0.479. The summed E-state index contributed by atoms with van der Waals surface area (Å²) in [6, 6.07) is 16.2. The number of anilines is 1. The normalized spacial score (nSPS) is 18.3. The molecule has 3 aliphatic rings. The second-order valence-electron chi connectivity index (χ2n) is 11.7. The van der Waals surface area contributed by atoms with Crippen LogP contribution in [0.5, 0.6) is 5.75 Å². The number of benzene rings is 2. The van der Waals surface area contributed by atoms with Gasteiger partial charge in [-0.2, -0.15) is 5.26 Å². The molecule has 10 nitrogen and oxygen atoms in total. The molecule has 42 heavy (non-hydrogen) atoms. The summed E-state index contributed by atoms with van der Waals surface area (Å²) in [5, 5.41) is 9.95. The second kappa shape index (κ2) is 11.4. The molecule has 3 aliphatic heterocycles. The van der Waals surface area contributed by atoms with Gasteiger partial charge in [-0.05, 0) is 56.7 Å². The standard InChI is InChI=1S/C32H34N6O4/c1-32(2,3)42-31(39)38-11-10-25(19-38)41-28-9-6-22(16-23(28)18-33)29-30-27(34-20-35-29)17-26(36-30)21-4-7-24(8-5-21)37-12-14-40-15-13-37/h4-9,16,20,25H,10-15,17,19H2,1-3H3/t25-/m1/s1. The predicted octanol–water partition coefficient (Wildman–Crippen LogP) is 4.92. The van der Waals surface area contributed by atoms with Crippen molar-refractivity contribution < 1.29 is 19.0 Å². The molecule has 1 aromatic heterocycles. The fraction of sp³-hybridized carbons (Fsp3) is 0.406. The summed E-state index contributed by atoms with van der Waals surface area (Å²) >= 11 is 0. The Morgan fingerprint density at radius 3 is 2.55 bits per heavy atom. The number of carbonyl (C=O) groups excluding carboxylic acids is 1. The number of likely N-dealkylation sites (tertiary alicyclic amines) is 1. The number of aliphatic imine (C=N–C) groups is 1. The van der Waals surface area contributed by atoms with Gasteiger partial charge in [0.05, 0.1) is 42.4 Å². The smallest absolute Gasteiger partial charge is 0.410 e. The number of ether oxygens (including phenoxy) is 3. The minimum Gasteiger partial charge on any atom is -0.487 e. The van der Waals surface area contributed by atoms with E-state index in [9.17, 15) is 10.1 Å². The zero-order chi connectivity index (χ0) is 29.3. The van der Waals surface area contributed by atoms with Crippen molar-refractivity contribution in [2.75, 3.05) is 44.3 Å². The molecule has 3 aromatic rings. The monoisotopic (exact) mass is 566 g/mol. The lowest BCUT2D eigenvalue weighted by Gasteiger charge is -2.28. The van der Waals surface area contributed by atoms with Crippen LogP contribution in [0.3, 0.4) is 0 Å². The van der Waals surface area contributed by atoms with Gasteiger partial charge in [-0.25, -0.2) is 19.8 Å². The van der Waals surface area contributed by atoms with Crippen molar-refractivity contribution in [1.29, 1.82) is 5.26 Å². The lowest BCUT2D eigenvalue weighted by Crippen LogP contribution is -2.36. The molecule has 0 N–H and O–H groups in total. The van der Waals surface area contributed by atoms with Crippen molar-refractivity contribution in [3.63, 3.8) is 0 Å². The summed E-state index contributed by atoms with van der Waals surface area (Å²) in [4.78, 5) is 30.4. The van der Waals surface area contributed by atoms with E-state index in [2.05, 4.69) is 45.2 Å². The topological polar surface area (TPSA) is 113 Å². The number of nitriles is 1. The number of hydrogen-bond donors (Lipinski definition) is 0. The van der Waals surface area contributed by atoms with Crippen molar-refractivity contribution in [1.82, 2.24) is 14.9 Å². The third kappa shape index (κ3) is 5.92. The Labute approximate surface area is 245 Å². The van der Waals surface area contributed by atoms with Crippen LogP contribution < -0.4 is 9.64 Å². The van der Waals surface area contributed by atoms with Crippen LogP contribution in [0.1, 0.15) is 44.0 Å².